The van der Waals surface area contributed by atoms with Gasteiger partial charge in [-0.25, -0.2) is 13.8 Å². The summed E-state index contributed by atoms with van der Waals surface area (Å²) in [6, 6.07) is 11.2. The number of carbonyl (C=O) groups is 1. The summed E-state index contributed by atoms with van der Waals surface area (Å²) in [5.74, 6) is -1.46. The van der Waals surface area contributed by atoms with Crippen LogP contribution < -0.4 is 5.32 Å². The number of likely N-dealkylation sites (N-methyl/N-ethyl adjacent to an activating group) is 1. The highest BCUT2D eigenvalue weighted by atomic mass is 32.1. The molecule has 0 bridgehead atoms. The number of nitrogens with zero attached hydrogens (tertiary/aromatic N) is 2. The average molecular weight is 401 g/mol. The number of anilines is 1. The maximum absolute atomic E-state index is 13.9. The van der Waals surface area contributed by atoms with E-state index in [4.69, 9.17) is 0 Å². The van der Waals surface area contributed by atoms with Crippen LogP contribution in [0.25, 0.3) is 11.3 Å². The first-order chi connectivity index (χ1) is 13.5. The topological polar surface area (TPSA) is 45.2 Å². The molecule has 1 amide bonds. The van der Waals surface area contributed by atoms with Gasteiger partial charge in [0.1, 0.15) is 11.6 Å². The highest BCUT2D eigenvalue weighted by Gasteiger charge is 2.15. The Morgan fingerprint density at radius 3 is 2.54 bits per heavy atom. The van der Waals surface area contributed by atoms with E-state index in [-0.39, 0.29) is 24.6 Å². The molecule has 0 aliphatic carbocycles. The molecular weight excluding hydrogens is 380 g/mol. The van der Waals surface area contributed by atoms with E-state index in [0.29, 0.717) is 12.2 Å². The van der Waals surface area contributed by atoms with E-state index in [1.165, 1.54) is 18.2 Å². The number of aromatic nitrogens is 1. The molecule has 0 unspecified atom stereocenters. The van der Waals surface area contributed by atoms with Crippen LogP contribution in [0.2, 0.25) is 0 Å². The molecular formula is C21H21F2N3OS. The minimum atomic E-state index is -0.606. The molecule has 1 N–H and O–H groups in total. The van der Waals surface area contributed by atoms with E-state index in [1.807, 2.05) is 37.4 Å². The smallest absolute Gasteiger partial charge is 0.238 e. The molecule has 7 heteroatoms. The Morgan fingerprint density at radius 2 is 1.89 bits per heavy atom. The van der Waals surface area contributed by atoms with E-state index >= 15 is 0 Å². The van der Waals surface area contributed by atoms with Gasteiger partial charge in [0.05, 0.1) is 17.2 Å². The van der Waals surface area contributed by atoms with E-state index in [0.717, 1.165) is 16.3 Å². The third kappa shape index (κ3) is 4.99. The molecule has 28 heavy (non-hydrogen) atoms. The first-order valence-corrected chi connectivity index (χ1v) is 9.82. The predicted molar refractivity (Wildman–Crippen MR) is 108 cm³/mol. The number of benzene rings is 2. The normalized spacial score (nSPS) is 11.0. The number of halogens is 2. The quantitative estimate of drug-likeness (QED) is 0.615. The van der Waals surface area contributed by atoms with Gasteiger partial charge in [-0.15, -0.1) is 11.3 Å². The van der Waals surface area contributed by atoms with Crippen molar-refractivity contribution in [2.75, 3.05) is 18.4 Å². The molecule has 3 aromatic rings. The lowest BCUT2D eigenvalue weighted by molar-refractivity contribution is -0.117. The molecule has 2 aromatic carbocycles. The highest BCUT2D eigenvalue weighted by Crippen LogP contribution is 2.24. The Morgan fingerprint density at radius 1 is 1.18 bits per heavy atom. The first-order valence-electron chi connectivity index (χ1n) is 8.94. The molecule has 3 rings (SSSR count). The molecule has 1 aromatic heterocycles. The van der Waals surface area contributed by atoms with E-state index in [1.54, 1.807) is 22.3 Å². The fourth-order valence-corrected chi connectivity index (χ4v) is 3.46. The van der Waals surface area contributed by atoms with Crippen LogP contribution >= 0.6 is 11.3 Å². The molecule has 0 saturated heterocycles. The molecule has 0 spiro atoms. The maximum atomic E-state index is 13.9. The summed E-state index contributed by atoms with van der Waals surface area (Å²) in [6.07, 6.45) is 0. The van der Waals surface area contributed by atoms with Crippen molar-refractivity contribution in [3.63, 3.8) is 0 Å². The molecule has 0 radical (unpaired) electrons. The van der Waals surface area contributed by atoms with Crippen molar-refractivity contribution in [1.29, 1.82) is 0 Å². The Hall–Kier alpha value is -2.64. The van der Waals surface area contributed by atoms with Gasteiger partial charge < -0.3 is 5.32 Å². The second-order valence-corrected chi connectivity index (χ2v) is 7.45. The zero-order valence-electron chi connectivity index (χ0n) is 15.7. The maximum Gasteiger partial charge on any atom is 0.238 e. The summed E-state index contributed by atoms with van der Waals surface area (Å²) in [5.41, 5.74) is 2.41. The molecule has 0 fully saturated rings. The largest absolute Gasteiger partial charge is 0.325 e. The summed E-state index contributed by atoms with van der Waals surface area (Å²) < 4.78 is 27.7. The van der Waals surface area contributed by atoms with Gasteiger partial charge in [-0.1, -0.05) is 25.1 Å². The van der Waals surface area contributed by atoms with Crippen molar-refractivity contribution in [2.45, 2.75) is 20.4 Å². The number of nitrogens with one attached hydrogen (secondary N) is 1. The molecule has 0 saturated carbocycles. The first kappa shape index (κ1) is 20.1. The number of amides is 1. The molecule has 1 heterocycles. The van der Waals surface area contributed by atoms with Crippen molar-refractivity contribution in [1.82, 2.24) is 9.88 Å². The molecule has 146 valence electrons. The Labute approximate surface area is 166 Å². The fraction of sp³-hybridized carbons (Fsp3) is 0.238. The minimum absolute atomic E-state index is 0.0283. The number of hydrogen-bond acceptors (Lipinski definition) is 4. The summed E-state index contributed by atoms with van der Waals surface area (Å²) >= 11 is 1.57. The van der Waals surface area contributed by atoms with Crippen molar-refractivity contribution < 1.29 is 13.6 Å². The summed E-state index contributed by atoms with van der Waals surface area (Å²) in [4.78, 5) is 18.6. The van der Waals surface area contributed by atoms with E-state index in [9.17, 15) is 13.6 Å². The summed E-state index contributed by atoms with van der Waals surface area (Å²) in [5, 5.41) is 5.79. The van der Waals surface area contributed by atoms with Crippen LogP contribution in [0.3, 0.4) is 0 Å². The second kappa shape index (κ2) is 9.03. The number of rotatable bonds is 7. The monoisotopic (exact) mass is 401 g/mol. The van der Waals surface area contributed by atoms with Crippen molar-refractivity contribution in [2.24, 2.45) is 0 Å². The highest BCUT2D eigenvalue weighted by molar-refractivity contribution is 7.09. The van der Waals surface area contributed by atoms with Crippen LogP contribution in [0.5, 0.6) is 0 Å². The lowest BCUT2D eigenvalue weighted by atomic mass is 10.1. The SMILES string of the molecule is CCN(CC(=O)Nc1cccc(-c2csc(C)n2)c1)Cc1c(F)cccc1F. The summed E-state index contributed by atoms with van der Waals surface area (Å²) in [6.45, 7) is 4.33. The van der Waals surface area contributed by atoms with Gasteiger partial charge in [-0.3, -0.25) is 9.69 Å². The number of hydrogen-bond donors (Lipinski definition) is 1. The third-order valence-electron chi connectivity index (χ3n) is 4.32. The molecule has 0 aliphatic heterocycles. The minimum Gasteiger partial charge on any atom is -0.325 e. The van der Waals surface area contributed by atoms with Crippen molar-refractivity contribution in [3.05, 3.63) is 70.1 Å². The van der Waals surface area contributed by atoms with Crippen molar-refractivity contribution >= 4 is 22.9 Å². The van der Waals surface area contributed by atoms with Crippen LogP contribution in [0.15, 0.2) is 47.8 Å². The Balaban J connectivity index is 1.66. The molecule has 0 atom stereocenters. The van der Waals surface area contributed by atoms with E-state index in [2.05, 4.69) is 10.3 Å². The summed E-state index contributed by atoms with van der Waals surface area (Å²) in [7, 11) is 0. The third-order valence-corrected chi connectivity index (χ3v) is 5.09. The van der Waals surface area contributed by atoms with Gasteiger partial charge in [0.15, 0.2) is 0 Å². The van der Waals surface area contributed by atoms with Crippen LogP contribution in [0.1, 0.15) is 17.5 Å². The van der Waals surface area contributed by atoms with Crippen LogP contribution in [0.4, 0.5) is 14.5 Å². The van der Waals surface area contributed by atoms with Gasteiger partial charge in [-0.05, 0) is 37.7 Å². The average Bonchev–Trinajstić information content (AvgIpc) is 3.10. The van der Waals surface area contributed by atoms with Gasteiger partial charge in [-0.2, -0.15) is 0 Å². The van der Waals surface area contributed by atoms with Gasteiger partial charge in [0.25, 0.3) is 0 Å². The van der Waals surface area contributed by atoms with Crippen LogP contribution in [0, 0.1) is 18.6 Å². The Kier molecular flexibility index (Phi) is 6.49. The van der Waals surface area contributed by atoms with Crippen molar-refractivity contribution in [3.8, 4) is 11.3 Å². The van der Waals surface area contributed by atoms with Crippen LogP contribution in [-0.4, -0.2) is 28.9 Å². The fourth-order valence-electron chi connectivity index (χ4n) is 2.84. The molecule has 4 nitrogen and oxygen atoms in total. The second-order valence-electron chi connectivity index (χ2n) is 6.38. The van der Waals surface area contributed by atoms with E-state index < -0.39 is 11.6 Å². The lowest BCUT2D eigenvalue weighted by Gasteiger charge is -2.20. The zero-order valence-corrected chi connectivity index (χ0v) is 16.5. The number of carbonyl (C=O) groups excluding carboxylic acids is 1. The molecule has 0 aliphatic rings. The number of aryl methyl sites for hydroxylation is 1. The number of thiazole rings is 1. The standard InChI is InChI=1S/C21H21F2N3OS/c1-3-26(11-17-18(22)8-5-9-19(17)23)12-21(27)25-16-7-4-6-15(10-16)20-13-28-14(2)24-20/h4-10,13H,3,11-12H2,1-2H3,(H,25,27). The Bertz CT molecular complexity index is 954. The van der Waals surface area contributed by atoms with Gasteiger partial charge >= 0.3 is 0 Å². The van der Waals surface area contributed by atoms with Gasteiger partial charge in [0.2, 0.25) is 5.91 Å². The van der Waals surface area contributed by atoms with Crippen LogP contribution in [-0.2, 0) is 11.3 Å². The van der Waals surface area contributed by atoms with Gasteiger partial charge in [0, 0.05) is 28.7 Å². The predicted octanol–water partition coefficient (Wildman–Crippen LogP) is 4.86. The lowest BCUT2D eigenvalue weighted by Crippen LogP contribution is -2.33. The zero-order chi connectivity index (χ0) is 20.1.